The zero-order chi connectivity index (χ0) is 14.1. The molecule has 1 aromatic carbocycles. The van der Waals surface area contributed by atoms with Gasteiger partial charge in [-0.3, -0.25) is 0 Å². The van der Waals surface area contributed by atoms with E-state index in [1.165, 1.54) is 0 Å². The molecule has 4 heteroatoms. The number of hydrogen-bond donors (Lipinski definition) is 1. The van der Waals surface area contributed by atoms with Gasteiger partial charge in [0.1, 0.15) is 11.3 Å². The minimum Gasteiger partial charge on any atom is -0.444 e. The molecule has 0 bridgehead atoms. The standard InChI is InChI=1S/C15H20FNO2/c1-14(2,3)19-13(18)17-12-9-15(16,10-12)11-7-5-4-6-8-11/h4-8,12H,9-10H2,1-3H3,(H,17,18). The third-order valence-corrected chi connectivity index (χ3v) is 3.15. The number of hydrogen-bond acceptors (Lipinski definition) is 2. The van der Waals surface area contributed by atoms with Crippen LogP contribution in [0.25, 0.3) is 0 Å². The molecule has 1 amide bonds. The molecule has 0 saturated heterocycles. The molecule has 0 aliphatic heterocycles. The van der Waals surface area contributed by atoms with E-state index in [0.717, 1.165) is 0 Å². The summed E-state index contributed by atoms with van der Waals surface area (Å²) in [5, 5.41) is 2.70. The summed E-state index contributed by atoms with van der Waals surface area (Å²) >= 11 is 0. The maximum Gasteiger partial charge on any atom is 0.407 e. The molecule has 3 nitrogen and oxygen atoms in total. The number of carbonyl (C=O) groups excluding carboxylic acids is 1. The van der Waals surface area contributed by atoms with Gasteiger partial charge in [-0.1, -0.05) is 30.3 Å². The zero-order valence-electron chi connectivity index (χ0n) is 11.6. The van der Waals surface area contributed by atoms with Crippen molar-refractivity contribution in [2.45, 2.75) is 50.9 Å². The van der Waals surface area contributed by atoms with Gasteiger partial charge in [0, 0.05) is 18.9 Å². The van der Waals surface area contributed by atoms with Crippen LogP contribution < -0.4 is 5.32 Å². The smallest absolute Gasteiger partial charge is 0.407 e. The second-order valence-electron chi connectivity index (χ2n) is 6.08. The number of rotatable bonds is 2. The van der Waals surface area contributed by atoms with Gasteiger partial charge in [0.15, 0.2) is 0 Å². The quantitative estimate of drug-likeness (QED) is 0.888. The Labute approximate surface area is 113 Å². The third kappa shape index (κ3) is 3.46. The normalized spacial score (nSPS) is 26.4. The fraction of sp³-hybridized carbons (Fsp3) is 0.533. The van der Waals surface area contributed by atoms with E-state index in [0.29, 0.717) is 18.4 Å². The van der Waals surface area contributed by atoms with Crippen molar-refractivity contribution in [1.29, 1.82) is 0 Å². The molecule has 0 spiro atoms. The van der Waals surface area contributed by atoms with Crippen LogP contribution in [0.5, 0.6) is 0 Å². The Bertz CT molecular complexity index is 447. The van der Waals surface area contributed by atoms with Crippen LogP contribution in [0.4, 0.5) is 9.18 Å². The lowest BCUT2D eigenvalue weighted by Gasteiger charge is -2.42. The first-order valence-corrected chi connectivity index (χ1v) is 6.52. The lowest BCUT2D eigenvalue weighted by Crippen LogP contribution is -2.52. The number of alkyl halides is 1. The number of alkyl carbamates (subject to hydrolysis) is 1. The molecule has 1 aromatic rings. The van der Waals surface area contributed by atoms with E-state index in [2.05, 4.69) is 5.32 Å². The SMILES string of the molecule is CC(C)(C)OC(=O)NC1CC(F)(c2ccccc2)C1. The van der Waals surface area contributed by atoms with Gasteiger partial charge in [-0.05, 0) is 26.3 Å². The highest BCUT2D eigenvalue weighted by atomic mass is 19.1. The summed E-state index contributed by atoms with van der Waals surface area (Å²) in [7, 11) is 0. The Hall–Kier alpha value is -1.58. The molecule has 0 heterocycles. The summed E-state index contributed by atoms with van der Waals surface area (Å²) in [6.07, 6.45) is 0.125. The van der Waals surface area contributed by atoms with Crippen molar-refractivity contribution >= 4 is 6.09 Å². The van der Waals surface area contributed by atoms with Crippen LogP contribution in [-0.2, 0) is 10.4 Å². The lowest BCUT2D eigenvalue weighted by molar-refractivity contribution is 0.0100. The van der Waals surface area contributed by atoms with Crippen LogP contribution in [0.2, 0.25) is 0 Å². The molecule has 1 aliphatic rings. The highest BCUT2D eigenvalue weighted by molar-refractivity contribution is 5.68. The van der Waals surface area contributed by atoms with E-state index < -0.39 is 17.4 Å². The Kier molecular flexibility index (Phi) is 3.52. The molecule has 0 radical (unpaired) electrons. The van der Waals surface area contributed by atoms with Crippen LogP contribution in [0.3, 0.4) is 0 Å². The van der Waals surface area contributed by atoms with E-state index >= 15 is 0 Å². The number of ether oxygens (including phenoxy) is 1. The molecule has 104 valence electrons. The Morgan fingerprint density at radius 1 is 1.32 bits per heavy atom. The highest BCUT2D eigenvalue weighted by Crippen LogP contribution is 2.45. The highest BCUT2D eigenvalue weighted by Gasteiger charge is 2.47. The first kappa shape index (κ1) is 13.8. The first-order chi connectivity index (χ1) is 8.78. The largest absolute Gasteiger partial charge is 0.444 e. The maximum absolute atomic E-state index is 14.5. The van der Waals surface area contributed by atoms with Gasteiger partial charge < -0.3 is 10.1 Å². The number of amides is 1. The minimum atomic E-state index is -1.32. The molecular weight excluding hydrogens is 245 g/mol. The van der Waals surface area contributed by atoms with E-state index in [1.54, 1.807) is 32.9 Å². The molecule has 1 N–H and O–H groups in total. The maximum atomic E-state index is 14.5. The minimum absolute atomic E-state index is 0.153. The number of halogens is 1. The molecule has 1 fully saturated rings. The van der Waals surface area contributed by atoms with Crippen molar-refractivity contribution in [3.8, 4) is 0 Å². The average molecular weight is 265 g/mol. The van der Waals surface area contributed by atoms with Gasteiger partial charge >= 0.3 is 6.09 Å². The van der Waals surface area contributed by atoms with E-state index in [4.69, 9.17) is 4.74 Å². The van der Waals surface area contributed by atoms with E-state index in [1.807, 2.05) is 18.2 Å². The van der Waals surface area contributed by atoms with Crippen molar-refractivity contribution in [1.82, 2.24) is 5.32 Å². The molecule has 1 aliphatic carbocycles. The predicted molar refractivity (Wildman–Crippen MR) is 71.6 cm³/mol. The number of nitrogens with one attached hydrogen (secondary N) is 1. The van der Waals surface area contributed by atoms with Gasteiger partial charge in [-0.15, -0.1) is 0 Å². The van der Waals surface area contributed by atoms with Gasteiger partial charge in [0.05, 0.1) is 0 Å². The molecule has 19 heavy (non-hydrogen) atoms. The third-order valence-electron chi connectivity index (χ3n) is 3.15. The van der Waals surface area contributed by atoms with E-state index in [-0.39, 0.29) is 6.04 Å². The fourth-order valence-corrected chi connectivity index (χ4v) is 2.27. The molecule has 1 saturated carbocycles. The fourth-order valence-electron chi connectivity index (χ4n) is 2.27. The lowest BCUT2D eigenvalue weighted by atomic mass is 9.73. The van der Waals surface area contributed by atoms with Gasteiger partial charge in [0.2, 0.25) is 0 Å². The molecule has 0 aromatic heterocycles. The van der Waals surface area contributed by atoms with Gasteiger partial charge in [-0.25, -0.2) is 9.18 Å². The van der Waals surface area contributed by atoms with Crippen molar-refractivity contribution in [3.63, 3.8) is 0 Å². The summed E-state index contributed by atoms with van der Waals surface area (Å²) in [5.74, 6) is 0. The van der Waals surface area contributed by atoms with Crippen LogP contribution in [0.1, 0.15) is 39.2 Å². The van der Waals surface area contributed by atoms with Gasteiger partial charge in [-0.2, -0.15) is 0 Å². The molecular formula is C15H20FNO2. The first-order valence-electron chi connectivity index (χ1n) is 6.52. The van der Waals surface area contributed by atoms with Crippen molar-refractivity contribution in [2.24, 2.45) is 0 Å². The van der Waals surface area contributed by atoms with Crippen LogP contribution in [-0.4, -0.2) is 17.7 Å². The average Bonchev–Trinajstić information content (AvgIpc) is 2.25. The molecule has 0 atom stereocenters. The molecule has 0 unspecified atom stereocenters. The van der Waals surface area contributed by atoms with Crippen molar-refractivity contribution < 1.29 is 13.9 Å². The molecule has 2 rings (SSSR count). The summed E-state index contributed by atoms with van der Waals surface area (Å²) in [4.78, 5) is 11.6. The van der Waals surface area contributed by atoms with E-state index in [9.17, 15) is 9.18 Å². The Balaban J connectivity index is 1.85. The number of benzene rings is 1. The zero-order valence-corrected chi connectivity index (χ0v) is 11.6. The van der Waals surface area contributed by atoms with Crippen molar-refractivity contribution in [3.05, 3.63) is 35.9 Å². The summed E-state index contributed by atoms with van der Waals surface area (Å²) in [6.45, 7) is 5.41. The van der Waals surface area contributed by atoms with Crippen LogP contribution in [0, 0.1) is 0 Å². The second-order valence-corrected chi connectivity index (χ2v) is 6.08. The number of carbonyl (C=O) groups is 1. The van der Waals surface area contributed by atoms with Crippen molar-refractivity contribution in [2.75, 3.05) is 0 Å². The van der Waals surface area contributed by atoms with Crippen LogP contribution >= 0.6 is 0 Å². The summed E-state index contributed by atoms with van der Waals surface area (Å²) in [5.41, 5.74) is -1.17. The van der Waals surface area contributed by atoms with Gasteiger partial charge in [0.25, 0.3) is 0 Å². The predicted octanol–water partition coefficient (Wildman–Crippen LogP) is 3.54. The second kappa shape index (κ2) is 4.83. The summed E-state index contributed by atoms with van der Waals surface area (Å²) in [6, 6.07) is 8.92. The summed E-state index contributed by atoms with van der Waals surface area (Å²) < 4.78 is 19.6. The Morgan fingerprint density at radius 3 is 2.42 bits per heavy atom. The van der Waals surface area contributed by atoms with Crippen LogP contribution in [0.15, 0.2) is 30.3 Å². The monoisotopic (exact) mass is 265 g/mol. The Morgan fingerprint density at radius 2 is 1.89 bits per heavy atom. The topological polar surface area (TPSA) is 38.3 Å².